The maximum Gasteiger partial charge on any atom is 0.315 e. The Balaban J connectivity index is 2.51. The Morgan fingerprint density at radius 2 is 1.70 bits per heavy atom. The Bertz CT molecular complexity index is 625. The van der Waals surface area contributed by atoms with Crippen LogP contribution in [0.4, 0.5) is 4.79 Å². The number of hydrogen-bond acceptors (Lipinski definition) is 4. The minimum atomic E-state index is -3.43. The minimum absolute atomic E-state index is 0.138. The van der Waals surface area contributed by atoms with E-state index in [-0.39, 0.29) is 16.5 Å². The summed E-state index contributed by atoms with van der Waals surface area (Å²) in [5, 5.41) is 5.57. The lowest BCUT2D eigenvalue weighted by atomic mass is 10.1. The van der Waals surface area contributed by atoms with Crippen molar-refractivity contribution in [1.29, 1.82) is 0 Å². The molecule has 0 saturated carbocycles. The fourth-order valence-electron chi connectivity index (χ4n) is 1.60. The van der Waals surface area contributed by atoms with E-state index in [1.807, 2.05) is 32.8 Å². The summed E-state index contributed by atoms with van der Waals surface area (Å²) in [7, 11) is 1.85. The van der Waals surface area contributed by atoms with E-state index in [0.717, 1.165) is 5.56 Å². The lowest BCUT2D eigenvalue weighted by Crippen LogP contribution is -2.50. The van der Waals surface area contributed by atoms with Gasteiger partial charge >= 0.3 is 6.03 Å². The SMILES string of the molecule is CNS(=O)(=O)c1ccc(CNC(=O)NCC(C)(C)N(C)C)cc1. The number of likely N-dealkylation sites (N-methyl/N-ethyl adjacent to an activating group) is 1. The van der Waals surface area contributed by atoms with Gasteiger partial charge in [-0.3, -0.25) is 0 Å². The third kappa shape index (κ3) is 5.81. The van der Waals surface area contributed by atoms with Gasteiger partial charge in [-0.2, -0.15) is 0 Å². The zero-order valence-electron chi connectivity index (χ0n) is 14.3. The highest BCUT2D eigenvalue weighted by Gasteiger charge is 2.20. The van der Waals surface area contributed by atoms with Gasteiger partial charge in [0.05, 0.1) is 4.90 Å². The third-order valence-electron chi connectivity index (χ3n) is 3.85. The number of nitrogens with one attached hydrogen (secondary N) is 3. The molecule has 0 bridgehead atoms. The van der Waals surface area contributed by atoms with Crippen molar-refractivity contribution in [2.75, 3.05) is 27.7 Å². The number of urea groups is 1. The van der Waals surface area contributed by atoms with Crippen LogP contribution in [0, 0.1) is 0 Å². The van der Waals surface area contributed by atoms with Gasteiger partial charge in [0.2, 0.25) is 10.0 Å². The molecule has 0 spiro atoms. The molecule has 0 unspecified atom stereocenters. The number of rotatable bonds is 7. The summed E-state index contributed by atoms with van der Waals surface area (Å²) < 4.78 is 25.5. The molecule has 0 aliphatic rings. The van der Waals surface area contributed by atoms with Crippen LogP contribution >= 0.6 is 0 Å². The quantitative estimate of drug-likeness (QED) is 0.681. The number of carbonyl (C=O) groups excluding carboxylic acids is 1. The van der Waals surface area contributed by atoms with Gasteiger partial charge in [-0.1, -0.05) is 12.1 Å². The number of nitrogens with zero attached hydrogens (tertiary/aromatic N) is 1. The molecule has 23 heavy (non-hydrogen) atoms. The first kappa shape index (κ1) is 19.4. The van der Waals surface area contributed by atoms with Crippen molar-refractivity contribution < 1.29 is 13.2 Å². The summed E-state index contributed by atoms with van der Waals surface area (Å²) in [6.45, 7) is 4.92. The predicted octanol–water partition coefficient (Wildman–Crippen LogP) is 0.734. The van der Waals surface area contributed by atoms with E-state index in [1.165, 1.54) is 19.2 Å². The van der Waals surface area contributed by atoms with Gasteiger partial charge in [0.15, 0.2) is 0 Å². The molecule has 0 aliphatic heterocycles. The molecule has 0 heterocycles. The Morgan fingerprint density at radius 1 is 1.13 bits per heavy atom. The smallest absolute Gasteiger partial charge is 0.315 e. The molecule has 8 heteroatoms. The summed E-state index contributed by atoms with van der Waals surface area (Å²) in [6, 6.07) is 6.11. The average Bonchev–Trinajstić information content (AvgIpc) is 2.51. The minimum Gasteiger partial charge on any atom is -0.336 e. The summed E-state index contributed by atoms with van der Waals surface area (Å²) in [6.07, 6.45) is 0. The monoisotopic (exact) mass is 342 g/mol. The Hall–Kier alpha value is -1.64. The molecular formula is C15H26N4O3S. The first-order chi connectivity index (χ1) is 10.6. The summed E-state index contributed by atoms with van der Waals surface area (Å²) in [5.41, 5.74) is 0.683. The van der Waals surface area contributed by atoms with Crippen LogP contribution in [0.1, 0.15) is 19.4 Å². The summed E-state index contributed by atoms with van der Waals surface area (Å²) in [5.74, 6) is 0. The van der Waals surface area contributed by atoms with Crippen molar-refractivity contribution in [3.05, 3.63) is 29.8 Å². The van der Waals surface area contributed by atoms with Gasteiger partial charge in [0.1, 0.15) is 0 Å². The van der Waals surface area contributed by atoms with Gasteiger partial charge in [0, 0.05) is 18.6 Å². The molecule has 0 aliphatic carbocycles. The van der Waals surface area contributed by atoms with Gasteiger partial charge in [-0.15, -0.1) is 0 Å². The van der Waals surface area contributed by atoms with Crippen molar-refractivity contribution in [3.8, 4) is 0 Å². The average molecular weight is 342 g/mol. The molecule has 0 radical (unpaired) electrons. The van der Waals surface area contributed by atoms with Crippen LogP contribution in [0.5, 0.6) is 0 Å². The third-order valence-corrected chi connectivity index (χ3v) is 5.28. The molecule has 2 amide bonds. The molecule has 0 atom stereocenters. The van der Waals surface area contributed by atoms with E-state index >= 15 is 0 Å². The molecule has 0 saturated heterocycles. The zero-order valence-corrected chi connectivity index (χ0v) is 15.1. The fraction of sp³-hybridized carbons (Fsp3) is 0.533. The Kier molecular flexibility index (Phi) is 6.55. The number of benzene rings is 1. The van der Waals surface area contributed by atoms with Crippen LogP contribution in [0.3, 0.4) is 0 Å². The first-order valence-corrected chi connectivity index (χ1v) is 8.78. The second-order valence-corrected chi connectivity index (χ2v) is 7.98. The second kappa shape index (κ2) is 7.76. The Morgan fingerprint density at radius 3 is 2.17 bits per heavy atom. The standard InChI is InChI=1S/C15H26N4O3S/c1-15(2,19(4)5)11-18-14(20)17-10-12-6-8-13(9-7-12)23(21,22)16-3/h6-9,16H,10-11H2,1-5H3,(H2,17,18,20). The maximum absolute atomic E-state index is 11.8. The number of hydrogen-bond donors (Lipinski definition) is 3. The first-order valence-electron chi connectivity index (χ1n) is 7.30. The van der Waals surface area contributed by atoms with Crippen LogP contribution in [0.2, 0.25) is 0 Å². The lowest BCUT2D eigenvalue weighted by molar-refractivity contribution is 0.186. The van der Waals surface area contributed by atoms with E-state index in [2.05, 4.69) is 15.4 Å². The van der Waals surface area contributed by atoms with Gasteiger partial charge < -0.3 is 15.5 Å². The topological polar surface area (TPSA) is 90.5 Å². The zero-order chi connectivity index (χ0) is 17.7. The molecular weight excluding hydrogens is 316 g/mol. The van der Waals surface area contributed by atoms with Crippen molar-refractivity contribution in [2.45, 2.75) is 30.8 Å². The van der Waals surface area contributed by atoms with E-state index in [9.17, 15) is 13.2 Å². The van der Waals surface area contributed by atoms with Crippen molar-refractivity contribution >= 4 is 16.1 Å². The second-order valence-electron chi connectivity index (χ2n) is 6.09. The van der Waals surface area contributed by atoms with Gasteiger partial charge in [-0.25, -0.2) is 17.9 Å². The van der Waals surface area contributed by atoms with Gasteiger partial charge in [0.25, 0.3) is 0 Å². The van der Waals surface area contributed by atoms with E-state index in [0.29, 0.717) is 13.1 Å². The number of amides is 2. The fourth-order valence-corrected chi connectivity index (χ4v) is 2.33. The predicted molar refractivity (Wildman–Crippen MR) is 90.7 cm³/mol. The number of sulfonamides is 1. The van der Waals surface area contributed by atoms with Crippen LogP contribution in [-0.2, 0) is 16.6 Å². The highest BCUT2D eigenvalue weighted by atomic mass is 32.2. The van der Waals surface area contributed by atoms with Crippen LogP contribution in [0.15, 0.2) is 29.2 Å². The van der Waals surface area contributed by atoms with Crippen LogP contribution in [-0.4, -0.2) is 52.6 Å². The highest BCUT2D eigenvalue weighted by Crippen LogP contribution is 2.10. The van der Waals surface area contributed by atoms with Crippen molar-refractivity contribution in [3.63, 3.8) is 0 Å². The highest BCUT2D eigenvalue weighted by molar-refractivity contribution is 7.89. The van der Waals surface area contributed by atoms with E-state index in [4.69, 9.17) is 0 Å². The molecule has 1 aromatic carbocycles. The largest absolute Gasteiger partial charge is 0.336 e. The van der Waals surface area contributed by atoms with E-state index < -0.39 is 10.0 Å². The van der Waals surface area contributed by atoms with Crippen molar-refractivity contribution in [1.82, 2.24) is 20.3 Å². The lowest BCUT2D eigenvalue weighted by Gasteiger charge is -2.32. The molecule has 3 N–H and O–H groups in total. The normalized spacial score (nSPS) is 12.3. The summed E-state index contributed by atoms with van der Waals surface area (Å²) in [4.78, 5) is 14.0. The van der Waals surface area contributed by atoms with Crippen LogP contribution < -0.4 is 15.4 Å². The Labute approximate surface area is 138 Å². The van der Waals surface area contributed by atoms with Gasteiger partial charge in [-0.05, 0) is 52.7 Å². The number of carbonyl (C=O) groups is 1. The summed E-state index contributed by atoms with van der Waals surface area (Å²) >= 11 is 0. The maximum atomic E-state index is 11.8. The molecule has 0 aromatic heterocycles. The van der Waals surface area contributed by atoms with E-state index in [1.54, 1.807) is 12.1 Å². The molecule has 1 rings (SSSR count). The molecule has 0 fully saturated rings. The molecule has 7 nitrogen and oxygen atoms in total. The molecule has 1 aromatic rings. The molecule has 130 valence electrons. The van der Waals surface area contributed by atoms with Crippen molar-refractivity contribution in [2.24, 2.45) is 0 Å². The van der Waals surface area contributed by atoms with Crippen LogP contribution in [0.25, 0.3) is 0 Å².